The fourth-order valence-corrected chi connectivity index (χ4v) is 2.66. The Hall–Kier alpha value is -2.32. The summed E-state index contributed by atoms with van der Waals surface area (Å²) in [5.74, 6) is 1.43. The van der Waals surface area contributed by atoms with Gasteiger partial charge in [0.05, 0.1) is 25.4 Å². The number of nitrogens with zero attached hydrogens (tertiary/aromatic N) is 3. The van der Waals surface area contributed by atoms with Crippen LogP contribution in [0, 0.1) is 11.3 Å². The van der Waals surface area contributed by atoms with Crippen LogP contribution in [0.1, 0.15) is 12.5 Å². The molecule has 1 saturated heterocycles. The summed E-state index contributed by atoms with van der Waals surface area (Å²) >= 11 is 0. The van der Waals surface area contributed by atoms with Gasteiger partial charge in [0.15, 0.2) is 0 Å². The Kier molecular flexibility index (Phi) is 3.63. The smallest absolute Gasteiger partial charge is 0.147 e. The summed E-state index contributed by atoms with van der Waals surface area (Å²) < 4.78 is 10.9. The van der Waals surface area contributed by atoms with Gasteiger partial charge in [0, 0.05) is 18.5 Å². The van der Waals surface area contributed by atoms with E-state index in [1.54, 1.807) is 7.11 Å². The molecule has 21 heavy (non-hydrogen) atoms. The average Bonchev–Trinajstić information content (AvgIpc) is 2.52. The molecule has 1 aromatic heterocycles. The number of rotatable bonds is 2. The SMILES string of the molecule is COc1cccc2cc(C#N)c(N3CCO[C@@H](C)C3)nc12. The van der Waals surface area contributed by atoms with Crippen LogP contribution >= 0.6 is 0 Å². The summed E-state index contributed by atoms with van der Waals surface area (Å²) in [6, 6.07) is 9.85. The summed E-state index contributed by atoms with van der Waals surface area (Å²) in [4.78, 5) is 6.81. The van der Waals surface area contributed by atoms with Crippen molar-refractivity contribution in [3.05, 3.63) is 29.8 Å². The maximum absolute atomic E-state index is 9.42. The number of aromatic nitrogens is 1. The lowest BCUT2D eigenvalue weighted by atomic mass is 10.1. The molecule has 0 unspecified atom stereocenters. The zero-order valence-corrected chi connectivity index (χ0v) is 12.2. The van der Waals surface area contributed by atoms with Crippen LogP contribution in [0.15, 0.2) is 24.3 Å². The second-order valence-corrected chi connectivity index (χ2v) is 5.13. The first-order valence-corrected chi connectivity index (χ1v) is 6.97. The summed E-state index contributed by atoms with van der Waals surface area (Å²) in [5.41, 5.74) is 1.37. The lowest BCUT2D eigenvalue weighted by molar-refractivity contribution is 0.0529. The van der Waals surface area contributed by atoms with E-state index in [2.05, 4.69) is 11.0 Å². The van der Waals surface area contributed by atoms with Gasteiger partial charge in [0.1, 0.15) is 23.2 Å². The van der Waals surface area contributed by atoms with Crippen LogP contribution in [-0.4, -0.2) is 37.9 Å². The van der Waals surface area contributed by atoms with E-state index in [4.69, 9.17) is 14.5 Å². The Bertz CT molecular complexity index is 708. The molecule has 1 aliphatic heterocycles. The molecule has 0 amide bonds. The van der Waals surface area contributed by atoms with Crippen LogP contribution < -0.4 is 9.64 Å². The number of para-hydroxylation sites is 1. The van der Waals surface area contributed by atoms with E-state index in [1.165, 1.54) is 0 Å². The molecule has 0 N–H and O–H groups in total. The van der Waals surface area contributed by atoms with Gasteiger partial charge in [-0.05, 0) is 19.1 Å². The first kappa shape index (κ1) is 13.7. The highest BCUT2D eigenvalue weighted by Crippen LogP contribution is 2.29. The molecule has 1 atom stereocenters. The maximum Gasteiger partial charge on any atom is 0.147 e. The molecule has 0 radical (unpaired) electrons. The van der Waals surface area contributed by atoms with Gasteiger partial charge in [-0.3, -0.25) is 0 Å². The highest BCUT2D eigenvalue weighted by atomic mass is 16.5. The van der Waals surface area contributed by atoms with E-state index >= 15 is 0 Å². The molecular weight excluding hydrogens is 266 g/mol. The molecule has 0 bridgehead atoms. The minimum absolute atomic E-state index is 0.139. The van der Waals surface area contributed by atoms with Crippen molar-refractivity contribution in [3.63, 3.8) is 0 Å². The molecule has 3 rings (SSSR count). The molecule has 0 aliphatic carbocycles. The van der Waals surface area contributed by atoms with E-state index in [0.717, 1.165) is 29.7 Å². The molecule has 5 heteroatoms. The number of morpholine rings is 1. The van der Waals surface area contributed by atoms with E-state index in [9.17, 15) is 5.26 Å². The normalized spacial score (nSPS) is 18.5. The minimum atomic E-state index is 0.139. The summed E-state index contributed by atoms with van der Waals surface area (Å²) in [5, 5.41) is 10.3. The lowest BCUT2D eigenvalue weighted by Gasteiger charge is -2.32. The first-order chi connectivity index (χ1) is 10.2. The van der Waals surface area contributed by atoms with Crippen molar-refractivity contribution in [2.24, 2.45) is 0 Å². The topological polar surface area (TPSA) is 58.4 Å². The Morgan fingerprint density at radius 1 is 1.48 bits per heavy atom. The zero-order valence-electron chi connectivity index (χ0n) is 12.2. The van der Waals surface area contributed by atoms with E-state index in [1.807, 2.05) is 31.2 Å². The second-order valence-electron chi connectivity index (χ2n) is 5.13. The number of fused-ring (bicyclic) bond motifs is 1. The maximum atomic E-state index is 9.42. The summed E-state index contributed by atoms with van der Waals surface area (Å²) in [7, 11) is 1.63. The summed E-state index contributed by atoms with van der Waals surface area (Å²) in [6.07, 6.45) is 0.139. The van der Waals surface area contributed by atoms with Gasteiger partial charge in [-0.15, -0.1) is 0 Å². The van der Waals surface area contributed by atoms with Gasteiger partial charge in [-0.1, -0.05) is 12.1 Å². The molecule has 2 aromatic rings. The first-order valence-electron chi connectivity index (χ1n) is 6.97. The van der Waals surface area contributed by atoms with E-state index in [-0.39, 0.29) is 6.10 Å². The lowest BCUT2D eigenvalue weighted by Crippen LogP contribution is -2.41. The molecular formula is C16H17N3O2. The predicted octanol–water partition coefficient (Wildman–Crippen LogP) is 2.34. The van der Waals surface area contributed by atoms with Gasteiger partial charge in [-0.25, -0.2) is 4.98 Å². The third kappa shape index (κ3) is 2.50. The number of benzene rings is 1. The van der Waals surface area contributed by atoms with Crippen LogP contribution in [0.3, 0.4) is 0 Å². The quantitative estimate of drug-likeness (QED) is 0.846. The molecule has 1 aliphatic rings. The summed E-state index contributed by atoms with van der Waals surface area (Å²) in [6.45, 7) is 4.16. The number of nitriles is 1. The number of methoxy groups -OCH3 is 1. The van der Waals surface area contributed by atoms with Crippen LogP contribution in [0.5, 0.6) is 5.75 Å². The fraction of sp³-hybridized carbons (Fsp3) is 0.375. The molecule has 1 fully saturated rings. The Balaban J connectivity index is 2.14. The van der Waals surface area contributed by atoms with E-state index < -0.39 is 0 Å². The van der Waals surface area contributed by atoms with Crippen LogP contribution in [0.4, 0.5) is 5.82 Å². The Morgan fingerprint density at radius 3 is 3.05 bits per heavy atom. The largest absolute Gasteiger partial charge is 0.494 e. The number of ether oxygens (including phenoxy) is 2. The van der Waals surface area contributed by atoms with Crippen molar-refractivity contribution in [1.29, 1.82) is 5.26 Å². The van der Waals surface area contributed by atoms with Crippen molar-refractivity contribution in [3.8, 4) is 11.8 Å². The Morgan fingerprint density at radius 2 is 2.33 bits per heavy atom. The number of pyridine rings is 1. The van der Waals surface area contributed by atoms with Crippen LogP contribution in [0.2, 0.25) is 0 Å². The fourth-order valence-electron chi connectivity index (χ4n) is 2.66. The van der Waals surface area contributed by atoms with E-state index in [0.29, 0.717) is 18.0 Å². The molecule has 108 valence electrons. The van der Waals surface area contributed by atoms with Gasteiger partial charge < -0.3 is 14.4 Å². The van der Waals surface area contributed by atoms with Gasteiger partial charge in [-0.2, -0.15) is 5.26 Å². The van der Waals surface area contributed by atoms with Crippen molar-refractivity contribution in [1.82, 2.24) is 4.98 Å². The third-order valence-corrected chi connectivity index (χ3v) is 3.67. The van der Waals surface area contributed by atoms with Crippen molar-refractivity contribution >= 4 is 16.7 Å². The molecule has 0 spiro atoms. The highest BCUT2D eigenvalue weighted by molar-refractivity contribution is 5.88. The molecule has 5 nitrogen and oxygen atoms in total. The number of hydrogen-bond donors (Lipinski definition) is 0. The van der Waals surface area contributed by atoms with Crippen molar-refractivity contribution in [2.75, 3.05) is 31.7 Å². The van der Waals surface area contributed by atoms with Crippen molar-refractivity contribution < 1.29 is 9.47 Å². The van der Waals surface area contributed by atoms with Gasteiger partial charge in [0.25, 0.3) is 0 Å². The highest BCUT2D eigenvalue weighted by Gasteiger charge is 2.21. The average molecular weight is 283 g/mol. The van der Waals surface area contributed by atoms with Gasteiger partial charge >= 0.3 is 0 Å². The Labute approximate surface area is 123 Å². The van der Waals surface area contributed by atoms with Crippen LogP contribution in [-0.2, 0) is 4.74 Å². The second kappa shape index (κ2) is 5.58. The van der Waals surface area contributed by atoms with Crippen molar-refractivity contribution in [2.45, 2.75) is 13.0 Å². The monoisotopic (exact) mass is 283 g/mol. The third-order valence-electron chi connectivity index (χ3n) is 3.67. The van der Waals surface area contributed by atoms with Gasteiger partial charge in [0.2, 0.25) is 0 Å². The molecule has 1 aromatic carbocycles. The minimum Gasteiger partial charge on any atom is -0.494 e. The molecule has 2 heterocycles. The zero-order chi connectivity index (χ0) is 14.8. The number of anilines is 1. The predicted molar refractivity (Wildman–Crippen MR) is 80.6 cm³/mol. The number of hydrogen-bond acceptors (Lipinski definition) is 5. The molecule has 0 saturated carbocycles. The standard InChI is InChI=1S/C16H17N3O2/c1-11-10-19(6-7-21-11)16-13(9-17)8-12-4-3-5-14(20-2)15(12)18-16/h3-5,8,11H,6-7,10H2,1-2H3/t11-/m0/s1. The van der Waals surface area contributed by atoms with Crippen LogP contribution in [0.25, 0.3) is 10.9 Å².